The van der Waals surface area contributed by atoms with Crippen LogP contribution in [0.3, 0.4) is 0 Å². The third-order valence-electron chi connectivity index (χ3n) is 3.36. The number of hydrogen-bond acceptors (Lipinski definition) is 1. The first-order valence-corrected chi connectivity index (χ1v) is 7.66. The molecule has 0 unspecified atom stereocenters. The maximum absolute atomic E-state index is 4.24. The molecular weight excluding hydrogens is 266 g/mol. The van der Waals surface area contributed by atoms with E-state index in [1.165, 1.54) is 16.8 Å². The van der Waals surface area contributed by atoms with E-state index in [0.29, 0.717) is 0 Å². The highest BCUT2D eigenvalue weighted by Gasteiger charge is 2.12. The van der Waals surface area contributed by atoms with Crippen molar-refractivity contribution in [1.29, 1.82) is 0 Å². The van der Waals surface area contributed by atoms with Gasteiger partial charge < -0.3 is 4.90 Å². The lowest BCUT2D eigenvalue weighted by atomic mass is 10.1. The highest BCUT2D eigenvalue weighted by Crippen LogP contribution is 2.28. The van der Waals surface area contributed by atoms with E-state index in [0.717, 1.165) is 11.4 Å². The molecule has 116 valence electrons. The minimum absolute atomic E-state index is 0.948. The number of nitrogens with zero attached hydrogens (tertiary/aromatic N) is 1. The molecule has 0 amide bonds. The fourth-order valence-electron chi connectivity index (χ4n) is 2.29. The standard InChI is InChI=1S/C21H27N/c1-7-9-11-13-20(6)22(19(5)12-10-8-2)21-15-14-17(3)16-18(21)4/h7-16H,6H2,1-5H3/b9-7-,10-8-,13-11-,19-12+. The van der Waals surface area contributed by atoms with Crippen molar-refractivity contribution >= 4 is 5.69 Å². The van der Waals surface area contributed by atoms with Crippen molar-refractivity contribution in [2.45, 2.75) is 34.6 Å². The molecule has 0 atom stereocenters. The van der Waals surface area contributed by atoms with Crippen molar-refractivity contribution in [1.82, 2.24) is 0 Å². The molecule has 0 aliphatic rings. The van der Waals surface area contributed by atoms with Crippen LogP contribution in [0.15, 0.2) is 78.7 Å². The van der Waals surface area contributed by atoms with Crippen molar-refractivity contribution in [2.75, 3.05) is 4.90 Å². The molecule has 1 aromatic rings. The highest BCUT2D eigenvalue weighted by molar-refractivity contribution is 5.64. The number of aryl methyl sites for hydroxylation is 2. The van der Waals surface area contributed by atoms with Crippen LogP contribution in [-0.2, 0) is 0 Å². The van der Waals surface area contributed by atoms with Crippen LogP contribution in [0.5, 0.6) is 0 Å². The number of benzene rings is 1. The Hall–Kier alpha value is -2.28. The van der Waals surface area contributed by atoms with Crippen LogP contribution < -0.4 is 4.90 Å². The molecule has 22 heavy (non-hydrogen) atoms. The molecule has 0 saturated carbocycles. The van der Waals surface area contributed by atoms with E-state index >= 15 is 0 Å². The van der Waals surface area contributed by atoms with Crippen molar-refractivity contribution in [3.63, 3.8) is 0 Å². The predicted octanol–water partition coefficient (Wildman–Crippen LogP) is 6.24. The summed E-state index contributed by atoms with van der Waals surface area (Å²) in [7, 11) is 0. The van der Waals surface area contributed by atoms with Crippen LogP contribution >= 0.6 is 0 Å². The number of rotatable bonds is 6. The van der Waals surface area contributed by atoms with E-state index < -0.39 is 0 Å². The van der Waals surface area contributed by atoms with E-state index in [1.54, 1.807) is 0 Å². The van der Waals surface area contributed by atoms with Crippen LogP contribution in [0.1, 0.15) is 31.9 Å². The van der Waals surface area contributed by atoms with Crippen molar-refractivity contribution in [2.24, 2.45) is 0 Å². The van der Waals surface area contributed by atoms with Crippen molar-refractivity contribution < 1.29 is 0 Å². The summed E-state index contributed by atoms with van der Waals surface area (Å²) in [6.07, 6.45) is 14.3. The molecule has 0 saturated heterocycles. The van der Waals surface area contributed by atoms with Gasteiger partial charge in [0, 0.05) is 17.1 Å². The Balaban J connectivity index is 3.30. The zero-order chi connectivity index (χ0) is 16.5. The summed E-state index contributed by atoms with van der Waals surface area (Å²) < 4.78 is 0. The maximum Gasteiger partial charge on any atom is 0.0487 e. The van der Waals surface area contributed by atoms with Gasteiger partial charge in [0.25, 0.3) is 0 Å². The fraction of sp³-hybridized carbons (Fsp3) is 0.238. The first kappa shape index (κ1) is 17.8. The molecule has 1 heteroatoms. The van der Waals surface area contributed by atoms with Gasteiger partial charge in [-0.1, -0.05) is 54.7 Å². The molecule has 0 heterocycles. The van der Waals surface area contributed by atoms with Gasteiger partial charge in [-0.2, -0.15) is 0 Å². The molecule has 0 aromatic heterocycles. The summed E-state index contributed by atoms with van der Waals surface area (Å²) in [6, 6.07) is 6.50. The van der Waals surface area contributed by atoms with Gasteiger partial charge in [-0.05, 0) is 58.4 Å². The van der Waals surface area contributed by atoms with E-state index in [2.05, 4.69) is 62.6 Å². The lowest BCUT2D eigenvalue weighted by Gasteiger charge is -2.28. The molecule has 0 aliphatic carbocycles. The zero-order valence-electron chi connectivity index (χ0n) is 14.4. The Kier molecular flexibility index (Phi) is 7.18. The van der Waals surface area contributed by atoms with Crippen LogP contribution in [0.25, 0.3) is 0 Å². The largest absolute Gasteiger partial charge is 0.315 e. The zero-order valence-corrected chi connectivity index (χ0v) is 14.4. The second kappa shape index (κ2) is 8.89. The van der Waals surface area contributed by atoms with Gasteiger partial charge in [0.15, 0.2) is 0 Å². The van der Waals surface area contributed by atoms with Crippen LogP contribution in [0.4, 0.5) is 5.69 Å². The molecule has 1 rings (SSSR count). The topological polar surface area (TPSA) is 3.24 Å². The molecule has 1 aromatic carbocycles. The Morgan fingerprint density at radius 2 is 1.73 bits per heavy atom. The number of allylic oxidation sites excluding steroid dienone is 8. The third-order valence-corrected chi connectivity index (χ3v) is 3.36. The summed E-state index contributed by atoms with van der Waals surface area (Å²) >= 11 is 0. The second-order valence-electron chi connectivity index (χ2n) is 5.34. The Bertz CT molecular complexity index is 627. The van der Waals surface area contributed by atoms with E-state index in [9.17, 15) is 0 Å². The Labute approximate surface area is 135 Å². The maximum atomic E-state index is 4.24. The van der Waals surface area contributed by atoms with E-state index in [4.69, 9.17) is 0 Å². The van der Waals surface area contributed by atoms with Crippen LogP contribution in [-0.4, -0.2) is 0 Å². The molecule has 0 spiro atoms. The summed E-state index contributed by atoms with van der Waals surface area (Å²) in [5.41, 5.74) is 5.77. The van der Waals surface area contributed by atoms with E-state index in [1.807, 2.05) is 44.2 Å². The summed E-state index contributed by atoms with van der Waals surface area (Å²) in [5.74, 6) is 0. The third kappa shape index (κ3) is 4.92. The van der Waals surface area contributed by atoms with Gasteiger partial charge in [0.2, 0.25) is 0 Å². The van der Waals surface area contributed by atoms with Crippen molar-refractivity contribution in [3.05, 3.63) is 89.8 Å². The van der Waals surface area contributed by atoms with Gasteiger partial charge in [0.1, 0.15) is 0 Å². The van der Waals surface area contributed by atoms with Crippen LogP contribution in [0, 0.1) is 13.8 Å². The summed E-state index contributed by atoms with van der Waals surface area (Å²) in [6.45, 7) is 14.6. The lowest BCUT2D eigenvalue weighted by Crippen LogP contribution is -2.19. The highest BCUT2D eigenvalue weighted by atomic mass is 15.1. The Morgan fingerprint density at radius 3 is 2.32 bits per heavy atom. The molecule has 0 bridgehead atoms. The minimum Gasteiger partial charge on any atom is -0.315 e. The molecule has 0 fully saturated rings. The number of hydrogen-bond donors (Lipinski definition) is 0. The van der Waals surface area contributed by atoms with Gasteiger partial charge in [-0.3, -0.25) is 0 Å². The average molecular weight is 293 g/mol. The van der Waals surface area contributed by atoms with Gasteiger partial charge >= 0.3 is 0 Å². The second-order valence-corrected chi connectivity index (χ2v) is 5.34. The quantitative estimate of drug-likeness (QED) is 0.561. The van der Waals surface area contributed by atoms with Crippen LogP contribution in [0.2, 0.25) is 0 Å². The lowest BCUT2D eigenvalue weighted by molar-refractivity contribution is 1.09. The molecular formula is C21H27N. The van der Waals surface area contributed by atoms with Crippen molar-refractivity contribution in [3.8, 4) is 0 Å². The first-order chi connectivity index (χ1) is 10.5. The molecule has 0 N–H and O–H groups in total. The fourth-order valence-corrected chi connectivity index (χ4v) is 2.29. The number of anilines is 1. The van der Waals surface area contributed by atoms with E-state index in [-0.39, 0.29) is 0 Å². The molecule has 0 aliphatic heterocycles. The minimum atomic E-state index is 0.948. The monoisotopic (exact) mass is 293 g/mol. The first-order valence-electron chi connectivity index (χ1n) is 7.66. The Morgan fingerprint density at radius 1 is 1.05 bits per heavy atom. The normalized spacial score (nSPS) is 12.7. The summed E-state index contributed by atoms with van der Waals surface area (Å²) in [4.78, 5) is 2.19. The van der Waals surface area contributed by atoms with Gasteiger partial charge in [-0.15, -0.1) is 0 Å². The smallest absolute Gasteiger partial charge is 0.0487 e. The van der Waals surface area contributed by atoms with Gasteiger partial charge in [0.05, 0.1) is 0 Å². The predicted molar refractivity (Wildman–Crippen MR) is 100 cm³/mol. The average Bonchev–Trinajstić information content (AvgIpc) is 2.48. The van der Waals surface area contributed by atoms with Gasteiger partial charge in [-0.25, -0.2) is 0 Å². The summed E-state index contributed by atoms with van der Waals surface area (Å²) in [5, 5.41) is 0. The molecule has 1 nitrogen and oxygen atoms in total. The molecule has 0 radical (unpaired) electrons. The SMILES string of the molecule is C=C(/C=C\C=C/C)N(/C(C)=C/C=C\C)c1ccc(C)cc1C.